The highest BCUT2D eigenvalue weighted by molar-refractivity contribution is 5.92. The minimum absolute atomic E-state index is 0.0847. The van der Waals surface area contributed by atoms with Gasteiger partial charge >= 0.3 is 0 Å². The van der Waals surface area contributed by atoms with Gasteiger partial charge in [0.25, 0.3) is 0 Å². The van der Waals surface area contributed by atoms with Crippen LogP contribution in [-0.4, -0.2) is 18.9 Å². The van der Waals surface area contributed by atoms with Crippen LogP contribution >= 0.6 is 0 Å². The topological polar surface area (TPSA) is 65.1 Å². The molecule has 4 N–H and O–H groups in total. The highest BCUT2D eigenvalue weighted by Gasteiger charge is 2.14. The maximum Gasteiger partial charge on any atom is 0.126 e. The Labute approximate surface area is 143 Å². The molecule has 0 saturated carbocycles. The number of rotatable bonds is 7. The lowest BCUT2D eigenvalue weighted by Crippen LogP contribution is -2.26. The number of para-hydroxylation sites is 1. The summed E-state index contributed by atoms with van der Waals surface area (Å²) in [6, 6.07) is 7.90. The Bertz CT molecular complexity index is 661. The second-order valence-electron chi connectivity index (χ2n) is 6.03. The number of nitrogens with two attached hydrogens (primary N) is 1. The zero-order valence-electron chi connectivity index (χ0n) is 14.2. The average Bonchev–Trinajstić information content (AvgIpc) is 2.56. The van der Waals surface area contributed by atoms with Gasteiger partial charge in [-0.15, -0.1) is 0 Å². The Morgan fingerprint density at radius 2 is 2.17 bits per heavy atom. The SMILES string of the molecule is CC1C=CC(N/C=C\C(=N)CCc2ccccc2N(C)N)=CC1F. The second kappa shape index (κ2) is 8.45. The first-order valence-corrected chi connectivity index (χ1v) is 8.08. The van der Waals surface area contributed by atoms with Crippen LogP contribution in [0.15, 0.2) is 60.5 Å². The van der Waals surface area contributed by atoms with Gasteiger partial charge in [0.15, 0.2) is 0 Å². The largest absolute Gasteiger partial charge is 0.362 e. The molecule has 1 aliphatic carbocycles. The van der Waals surface area contributed by atoms with Crippen LogP contribution in [0.2, 0.25) is 0 Å². The summed E-state index contributed by atoms with van der Waals surface area (Å²) in [4.78, 5) is 0. The predicted molar refractivity (Wildman–Crippen MR) is 98.6 cm³/mol. The fraction of sp³-hybridized carbons (Fsp3) is 0.316. The monoisotopic (exact) mass is 328 g/mol. The molecule has 2 unspecified atom stereocenters. The first-order valence-electron chi connectivity index (χ1n) is 8.08. The van der Waals surface area contributed by atoms with Gasteiger partial charge in [0.2, 0.25) is 0 Å². The van der Waals surface area contributed by atoms with Crippen molar-refractivity contribution in [3.63, 3.8) is 0 Å². The maximum atomic E-state index is 13.6. The number of benzene rings is 1. The molecular formula is C19H25FN4. The van der Waals surface area contributed by atoms with Crippen LogP contribution in [0.4, 0.5) is 10.1 Å². The van der Waals surface area contributed by atoms with Crippen molar-refractivity contribution in [3.05, 3.63) is 66.0 Å². The highest BCUT2D eigenvalue weighted by Crippen LogP contribution is 2.19. The molecule has 1 aliphatic rings. The standard InChI is InChI=1S/C19H25FN4/c1-14-7-10-17(13-18(14)20)23-12-11-16(21)9-8-15-5-3-4-6-19(15)24(2)22/h3-7,10-14,18,21,23H,8-9,22H2,1-2H3/b12-11-,21-16?. The van der Waals surface area contributed by atoms with Crippen molar-refractivity contribution in [1.82, 2.24) is 5.32 Å². The van der Waals surface area contributed by atoms with Gasteiger partial charge in [-0.25, -0.2) is 10.2 Å². The van der Waals surface area contributed by atoms with Crippen molar-refractivity contribution in [2.75, 3.05) is 12.1 Å². The van der Waals surface area contributed by atoms with E-state index in [4.69, 9.17) is 11.3 Å². The summed E-state index contributed by atoms with van der Waals surface area (Å²) in [7, 11) is 1.80. The van der Waals surface area contributed by atoms with Crippen molar-refractivity contribution in [2.24, 2.45) is 11.8 Å². The van der Waals surface area contributed by atoms with E-state index in [1.54, 1.807) is 30.4 Å². The van der Waals surface area contributed by atoms with Gasteiger partial charge in [0.05, 0.1) is 5.69 Å². The number of alkyl halides is 1. The van der Waals surface area contributed by atoms with Gasteiger partial charge < -0.3 is 15.7 Å². The number of halogens is 1. The number of nitrogens with one attached hydrogen (secondary N) is 2. The van der Waals surface area contributed by atoms with Gasteiger partial charge in [0, 0.05) is 30.6 Å². The van der Waals surface area contributed by atoms with Gasteiger partial charge in [-0.2, -0.15) is 0 Å². The molecule has 0 saturated heterocycles. The Kier molecular flexibility index (Phi) is 6.32. The van der Waals surface area contributed by atoms with Crippen LogP contribution < -0.4 is 16.2 Å². The van der Waals surface area contributed by atoms with E-state index in [9.17, 15) is 4.39 Å². The van der Waals surface area contributed by atoms with Crippen molar-refractivity contribution in [2.45, 2.75) is 25.9 Å². The van der Waals surface area contributed by atoms with Gasteiger partial charge in [-0.3, -0.25) is 0 Å². The lowest BCUT2D eigenvalue weighted by Gasteiger charge is -2.16. The molecule has 0 spiro atoms. The molecule has 5 heteroatoms. The van der Waals surface area contributed by atoms with E-state index in [2.05, 4.69) is 5.32 Å². The van der Waals surface area contributed by atoms with E-state index in [1.807, 2.05) is 43.3 Å². The van der Waals surface area contributed by atoms with Crippen LogP contribution in [0.1, 0.15) is 18.9 Å². The van der Waals surface area contributed by atoms with E-state index >= 15 is 0 Å². The molecule has 0 heterocycles. The van der Waals surface area contributed by atoms with Crippen molar-refractivity contribution >= 4 is 11.4 Å². The van der Waals surface area contributed by atoms with E-state index in [-0.39, 0.29) is 5.92 Å². The number of nitrogens with zero attached hydrogens (tertiary/aromatic N) is 1. The lowest BCUT2D eigenvalue weighted by molar-refractivity contribution is 0.331. The summed E-state index contributed by atoms with van der Waals surface area (Å²) in [5, 5.41) is 12.6. The summed E-state index contributed by atoms with van der Waals surface area (Å²) in [5.41, 5.74) is 3.30. The summed E-state index contributed by atoms with van der Waals surface area (Å²) < 4.78 is 13.6. The summed E-state index contributed by atoms with van der Waals surface area (Å²) >= 11 is 0. The van der Waals surface area contributed by atoms with Crippen molar-refractivity contribution in [1.29, 1.82) is 5.41 Å². The molecule has 0 amide bonds. The van der Waals surface area contributed by atoms with E-state index in [0.717, 1.165) is 23.4 Å². The van der Waals surface area contributed by atoms with Crippen LogP contribution in [-0.2, 0) is 6.42 Å². The number of allylic oxidation sites excluding steroid dienone is 4. The molecule has 0 aliphatic heterocycles. The molecule has 1 aromatic rings. The third-order valence-electron chi connectivity index (χ3n) is 3.99. The number of hydrogen-bond donors (Lipinski definition) is 3. The third-order valence-corrected chi connectivity index (χ3v) is 3.99. The van der Waals surface area contributed by atoms with Crippen molar-refractivity contribution < 1.29 is 4.39 Å². The first-order chi connectivity index (χ1) is 11.5. The first kappa shape index (κ1) is 17.9. The quantitative estimate of drug-likeness (QED) is 0.408. The molecule has 4 nitrogen and oxygen atoms in total. The third kappa shape index (κ3) is 5.06. The Morgan fingerprint density at radius 3 is 2.88 bits per heavy atom. The zero-order chi connectivity index (χ0) is 17.5. The fourth-order valence-corrected chi connectivity index (χ4v) is 2.49. The summed E-state index contributed by atoms with van der Waals surface area (Å²) in [6.45, 7) is 1.84. The minimum atomic E-state index is -0.963. The molecule has 24 heavy (non-hydrogen) atoms. The van der Waals surface area contributed by atoms with E-state index < -0.39 is 6.17 Å². The lowest BCUT2D eigenvalue weighted by atomic mass is 10.00. The van der Waals surface area contributed by atoms with Crippen LogP contribution in [0.5, 0.6) is 0 Å². The molecule has 2 atom stereocenters. The predicted octanol–water partition coefficient (Wildman–Crippen LogP) is 3.48. The van der Waals surface area contributed by atoms with E-state index in [0.29, 0.717) is 12.1 Å². The van der Waals surface area contributed by atoms with Gasteiger partial charge in [-0.1, -0.05) is 31.2 Å². The van der Waals surface area contributed by atoms with Gasteiger partial charge in [-0.05, 0) is 42.7 Å². The molecule has 128 valence electrons. The van der Waals surface area contributed by atoms with Crippen LogP contribution in [0.3, 0.4) is 0 Å². The summed E-state index contributed by atoms with van der Waals surface area (Å²) in [5.74, 6) is 5.73. The number of hydrogen-bond acceptors (Lipinski definition) is 4. The van der Waals surface area contributed by atoms with E-state index in [1.165, 1.54) is 0 Å². The molecule has 0 radical (unpaired) electrons. The van der Waals surface area contributed by atoms with Crippen LogP contribution in [0, 0.1) is 11.3 Å². The molecular weight excluding hydrogens is 303 g/mol. The Balaban J connectivity index is 1.84. The normalized spacial score (nSPS) is 20.1. The molecule has 2 rings (SSSR count). The van der Waals surface area contributed by atoms with Gasteiger partial charge in [0.1, 0.15) is 6.17 Å². The highest BCUT2D eigenvalue weighted by atomic mass is 19.1. The molecule has 0 fully saturated rings. The number of aryl methyl sites for hydroxylation is 1. The minimum Gasteiger partial charge on any atom is -0.362 e. The second-order valence-corrected chi connectivity index (χ2v) is 6.03. The maximum absolute atomic E-state index is 13.6. The molecule has 0 aromatic heterocycles. The molecule has 0 bridgehead atoms. The molecule has 1 aromatic carbocycles. The smallest absolute Gasteiger partial charge is 0.126 e. The number of hydrazine groups is 1. The average molecular weight is 328 g/mol. The Morgan fingerprint density at radius 1 is 1.42 bits per heavy atom. The Hall–Kier alpha value is -2.40. The fourth-order valence-electron chi connectivity index (χ4n) is 2.49. The van der Waals surface area contributed by atoms with Crippen molar-refractivity contribution in [3.8, 4) is 0 Å². The van der Waals surface area contributed by atoms with Crippen LogP contribution in [0.25, 0.3) is 0 Å². The zero-order valence-corrected chi connectivity index (χ0v) is 14.2. The summed E-state index contributed by atoms with van der Waals surface area (Å²) in [6.07, 6.45) is 9.04. The number of anilines is 1.